The van der Waals surface area contributed by atoms with Crippen LogP contribution in [0.4, 0.5) is 5.69 Å². The maximum Gasteiger partial charge on any atom is 0.225 e. The molecule has 2 N–H and O–H groups in total. The second-order valence-corrected chi connectivity index (χ2v) is 12.7. The summed E-state index contributed by atoms with van der Waals surface area (Å²) in [4.78, 5) is 13.6. The van der Waals surface area contributed by atoms with E-state index in [1.54, 1.807) is 0 Å². The van der Waals surface area contributed by atoms with Gasteiger partial charge in [0.15, 0.2) is 0 Å². The summed E-state index contributed by atoms with van der Waals surface area (Å²) in [6, 6.07) is 22.6. The smallest absolute Gasteiger partial charge is 0.225 e. The highest BCUT2D eigenvalue weighted by Gasteiger charge is 2.29. The Morgan fingerprint density at radius 3 is 2.10 bits per heavy atom. The maximum atomic E-state index is 13.6. The van der Waals surface area contributed by atoms with Gasteiger partial charge in [-0.1, -0.05) is 115 Å². The number of benzene rings is 3. The highest BCUT2D eigenvalue weighted by Crippen LogP contribution is 2.45. The first-order chi connectivity index (χ1) is 19.8. The molecule has 4 rings (SSSR count). The van der Waals surface area contributed by atoms with Crippen molar-refractivity contribution in [2.45, 2.75) is 116 Å². The molecule has 41 heavy (non-hydrogen) atoms. The van der Waals surface area contributed by atoms with Crippen LogP contribution in [0.25, 0.3) is 0 Å². The van der Waals surface area contributed by atoms with Gasteiger partial charge >= 0.3 is 0 Å². The van der Waals surface area contributed by atoms with Crippen molar-refractivity contribution < 1.29 is 14.6 Å². The summed E-state index contributed by atoms with van der Waals surface area (Å²) < 4.78 is 6.13. The fraction of sp³-hybridized carbons (Fsp3) is 0.486. The van der Waals surface area contributed by atoms with Crippen LogP contribution in [0.3, 0.4) is 0 Å². The van der Waals surface area contributed by atoms with Crippen LogP contribution in [-0.4, -0.2) is 17.1 Å². The van der Waals surface area contributed by atoms with Crippen LogP contribution in [0, 0.1) is 0 Å². The molecule has 0 spiro atoms. The molecule has 4 nitrogen and oxygen atoms in total. The third kappa shape index (κ3) is 8.69. The summed E-state index contributed by atoms with van der Waals surface area (Å²) in [5, 5.41) is 13.7. The fourth-order valence-corrected chi connectivity index (χ4v) is 5.96. The molecule has 1 amide bonds. The zero-order valence-electron chi connectivity index (χ0n) is 25.5. The molecule has 1 aliphatic rings. The van der Waals surface area contributed by atoms with Crippen LogP contribution < -0.4 is 10.1 Å². The highest BCUT2D eigenvalue weighted by molar-refractivity contribution is 5.93. The Hall–Kier alpha value is -3.11. The molecule has 0 fully saturated rings. The van der Waals surface area contributed by atoms with E-state index in [0.717, 1.165) is 72.4 Å². The SMILES string of the molecule is CCCCCCCC(O)CCCCc1ccc(C(C)(C)C)c(NC(=O)CC2c3ccccc3Oc3ccccc32)c1. The maximum absolute atomic E-state index is 13.6. The Bertz CT molecular complexity index is 1230. The summed E-state index contributed by atoms with van der Waals surface area (Å²) in [5.74, 6) is 1.59. The van der Waals surface area contributed by atoms with Gasteiger partial charge in [-0.15, -0.1) is 0 Å². The van der Waals surface area contributed by atoms with Crippen molar-refractivity contribution in [3.8, 4) is 11.5 Å². The fourth-order valence-electron chi connectivity index (χ4n) is 5.96. The summed E-state index contributed by atoms with van der Waals surface area (Å²) in [7, 11) is 0. The third-order valence-electron chi connectivity index (χ3n) is 8.26. The van der Waals surface area contributed by atoms with Crippen molar-refractivity contribution in [2.75, 3.05) is 5.32 Å². The number of aliphatic hydroxyl groups is 1. The number of carbonyl (C=O) groups is 1. The summed E-state index contributed by atoms with van der Waals surface area (Å²) >= 11 is 0. The van der Waals surface area contributed by atoms with Crippen LogP contribution in [0.1, 0.15) is 120 Å². The second kappa shape index (κ2) is 14.7. The predicted molar refractivity (Wildman–Crippen MR) is 170 cm³/mol. The van der Waals surface area contributed by atoms with Crippen LogP contribution in [-0.2, 0) is 16.6 Å². The molecule has 1 aliphatic heterocycles. The van der Waals surface area contributed by atoms with Gasteiger partial charge in [0.1, 0.15) is 11.5 Å². The van der Waals surface area contributed by atoms with Crippen LogP contribution in [0.15, 0.2) is 66.7 Å². The van der Waals surface area contributed by atoms with Crippen LogP contribution in [0.5, 0.6) is 11.5 Å². The topological polar surface area (TPSA) is 58.6 Å². The van der Waals surface area contributed by atoms with Gasteiger partial charge in [-0.2, -0.15) is 0 Å². The molecule has 3 aromatic rings. The monoisotopic (exact) mass is 555 g/mol. The van der Waals surface area contributed by atoms with E-state index in [9.17, 15) is 9.90 Å². The number of ether oxygens (including phenoxy) is 1. The molecular weight excluding hydrogens is 506 g/mol. The van der Waals surface area contributed by atoms with E-state index in [0.29, 0.717) is 6.42 Å². The average Bonchev–Trinajstić information content (AvgIpc) is 2.94. The normalized spacial score (nSPS) is 13.7. The molecule has 1 heterocycles. The molecule has 0 radical (unpaired) electrons. The number of fused-ring (bicyclic) bond motifs is 2. The van der Waals surface area contributed by atoms with Gasteiger partial charge in [0.05, 0.1) is 6.10 Å². The molecule has 4 heteroatoms. The first-order valence-electron chi connectivity index (χ1n) is 15.7. The third-order valence-corrected chi connectivity index (χ3v) is 8.26. The number of carbonyl (C=O) groups excluding carboxylic acids is 1. The van der Waals surface area contributed by atoms with E-state index in [-0.39, 0.29) is 23.3 Å². The molecule has 3 aromatic carbocycles. The van der Waals surface area contributed by atoms with Crippen molar-refractivity contribution >= 4 is 11.6 Å². The number of aryl methyl sites for hydroxylation is 1. The van der Waals surface area contributed by atoms with Gasteiger partial charge in [0, 0.05) is 29.2 Å². The van der Waals surface area contributed by atoms with Crippen LogP contribution >= 0.6 is 0 Å². The molecule has 220 valence electrons. The number of anilines is 1. The quantitative estimate of drug-likeness (QED) is 0.195. The largest absolute Gasteiger partial charge is 0.457 e. The Kier molecular flexibility index (Phi) is 11.0. The average molecular weight is 556 g/mol. The number of aliphatic hydroxyl groups excluding tert-OH is 1. The van der Waals surface area contributed by atoms with Crippen molar-refractivity contribution in [3.05, 3.63) is 89.0 Å². The first-order valence-corrected chi connectivity index (χ1v) is 15.7. The number of hydrogen-bond acceptors (Lipinski definition) is 3. The minimum Gasteiger partial charge on any atom is -0.457 e. The van der Waals surface area contributed by atoms with Gasteiger partial charge in [0.2, 0.25) is 5.91 Å². The lowest BCUT2D eigenvalue weighted by atomic mass is 9.84. The van der Waals surface area contributed by atoms with E-state index < -0.39 is 0 Å². The number of amides is 1. The molecule has 0 saturated carbocycles. The number of unbranched alkanes of at least 4 members (excludes halogenated alkanes) is 5. The molecule has 0 saturated heterocycles. The Morgan fingerprint density at radius 1 is 0.854 bits per heavy atom. The van der Waals surface area contributed by atoms with Gasteiger partial charge < -0.3 is 15.2 Å². The lowest BCUT2D eigenvalue weighted by Crippen LogP contribution is -2.22. The van der Waals surface area contributed by atoms with Gasteiger partial charge in [0.25, 0.3) is 0 Å². The Morgan fingerprint density at radius 2 is 1.46 bits per heavy atom. The van der Waals surface area contributed by atoms with E-state index in [2.05, 4.69) is 63.3 Å². The van der Waals surface area contributed by atoms with E-state index in [4.69, 9.17) is 4.74 Å². The number of nitrogens with one attached hydrogen (secondary N) is 1. The standard InChI is InChI=1S/C37H49NO3/c1-5-6-7-8-9-17-28(39)18-11-10-16-27-23-24-32(37(2,3)4)33(25-27)38-36(40)26-31-29-19-12-14-21-34(29)41-35-22-15-13-20-30(31)35/h12-15,19-25,28,31,39H,5-11,16-18,26H2,1-4H3,(H,38,40). The summed E-state index contributed by atoms with van der Waals surface area (Å²) in [6.45, 7) is 8.79. The van der Waals surface area contributed by atoms with E-state index >= 15 is 0 Å². The number of hydrogen-bond donors (Lipinski definition) is 2. The van der Waals surface area contributed by atoms with Crippen LogP contribution in [0.2, 0.25) is 0 Å². The van der Waals surface area contributed by atoms with Crippen molar-refractivity contribution in [1.82, 2.24) is 0 Å². The summed E-state index contributed by atoms with van der Waals surface area (Å²) in [5.41, 5.74) is 5.27. The number of rotatable bonds is 14. The molecule has 1 unspecified atom stereocenters. The highest BCUT2D eigenvalue weighted by atomic mass is 16.5. The van der Waals surface area contributed by atoms with Gasteiger partial charge in [-0.3, -0.25) is 4.79 Å². The lowest BCUT2D eigenvalue weighted by molar-refractivity contribution is -0.116. The van der Waals surface area contributed by atoms with Crippen molar-refractivity contribution in [3.63, 3.8) is 0 Å². The predicted octanol–water partition coefficient (Wildman–Crippen LogP) is 9.68. The zero-order valence-corrected chi connectivity index (χ0v) is 25.5. The Labute approximate surface area is 247 Å². The molecule has 1 atom stereocenters. The zero-order chi connectivity index (χ0) is 29.2. The number of para-hydroxylation sites is 2. The summed E-state index contributed by atoms with van der Waals surface area (Å²) in [6.07, 6.45) is 11.1. The van der Waals surface area contributed by atoms with E-state index in [1.165, 1.54) is 31.2 Å². The van der Waals surface area contributed by atoms with Gasteiger partial charge in [-0.25, -0.2) is 0 Å². The van der Waals surface area contributed by atoms with E-state index in [1.807, 2.05) is 36.4 Å². The minimum absolute atomic E-state index is 0.00575. The second-order valence-electron chi connectivity index (χ2n) is 12.7. The van der Waals surface area contributed by atoms with Crippen molar-refractivity contribution in [1.29, 1.82) is 0 Å². The molecule has 0 bridgehead atoms. The minimum atomic E-state index is -0.185. The van der Waals surface area contributed by atoms with Gasteiger partial charge in [-0.05, 0) is 60.4 Å². The van der Waals surface area contributed by atoms with Crippen molar-refractivity contribution in [2.24, 2.45) is 0 Å². The molecule has 0 aromatic heterocycles. The first kappa shape index (κ1) is 30.8. The molecule has 0 aliphatic carbocycles. The Balaban J connectivity index is 1.39. The molecular formula is C37H49NO3. The lowest BCUT2D eigenvalue weighted by Gasteiger charge is -2.28.